The number of hydroxylamine groups is 3. The molecule has 6 heterocycles. The zero-order valence-corrected chi connectivity index (χ0v) is 78.4. The van der Waals surface area contributed by atoms with E-state index < -0.39 is 10.4 Å². The van der Waals surface area contributed by atoms with Crippen LogP contribution in [0.4, 0.5) is 65.4 Å². The number of nitrogens with one attached hydrogen (secondary N) is 10. The van der Waals surface area contributed by atoms with E-state index in [9.17, 15) is 0 Å². The van der Waals surface area contributed by atoms with Crippen LogP contribution in [0.3, 0.4) is 0 Å². The van der Waals surface area contributed by atoms with E-state index in [2.05, 4.69) is 256 Å². The van der Waals surface area contributed by atoms with Gasteiger partial charge in [0.15, 0.2) is 0 Å². The molecule has 0 saturated carbocycles. The molecule has 0 aliphatic heterocycles. The lowest BCUT2D eigenvalue weighted by Crippen LogP contribution is -2.49. The highest BCUT2D eigenvalue weighted by Crippen LogP contribution is 2.16. The maximum absolute atomic E-state index is 8.52. The van der Waals surface area contributed by atoms with Crippen LogP contribution in [0.15, 0.2) is 11.6 Å². The Morgan fingerprint density at radius 3 is 0.815 bits per heavy atom. The third kappa shape index (κ3) is 92.2. The van der Waals surface area contributed by atoms with Gasteiger partial charge in [0.05, 0.1) is 47.5 Å². The summed E-state index contributed by atoms with van der Waals surface area (Å²) in [6.07, 6.45) is 31.4. The second kappa shape index (κ2) is 95.6. The summed E-state index contributed by atoms with van der Waals surface area (Å²) in [6.45, 7) is 30.3. The minimum atomic E-state index is -5.17. The highest BCUT2D eigenvalue weighted by molar-refractivity contribution is 7.88. The number of hydrogen-bond acceptors (Lipinski definition) is 40. The van der Waals surface area contributed by atoms with Gasteiger partial charge in [-0.3, -0.25) is 18.1 Å². The summed E-state index contributed by atoms with van der Waals surface area (Å²) in [6, 6.07) is 0. The lowest BCUT2D eigenvalue weighted by molar-refractivity contribution is -0.350. The third-order valence-corrected chi connectivity index (χ3v) is 11.3. The number of rotatable bonds is 31. The van der Waals surface area contributed by atoms with Crippen LogP contribution in [0.2, 0.25) is 37.0 Å². The molecule has 6 rings (SSSR count). The average molecular weight is 1910 g/mol. The Balaban J connectivity index is -0.000000141. The van der Waals surface area contributed by atoms with Crippen LogP contribution >= 0.6 is 113 Å². The van der Waals surface area contributed by atoms with Crippen molar-refractivity contribution in [2.45, 2.75) is 115 Å². The second-order valence-corrected chi connectivity index (χ2v) is 23.0. The fourth-order valence-corrected chi connectivity index (χ4v) is 6.43. The highest BCUT2D eigenvalue weighted by Gasteiger charge is 2.12. The van der Waals surface area contributed by atoms with Crippen LogP contribution in [0.25, 0.3) is 0 Å². The van der Waals surface area contributed by atoms with Crippen LogP contribution in [-0.4, -0.2) is 235 Å². The minimum Gasteiger partial charge on any atom is -0.759 e. The maximum Gasteiger partial charge on any atom is 0.256 e. The Morgan fingerprint density at radius 2 is 0.639 bits per heavy atom. The molecule has 6 aromatic rings. The summed E-state index contributed by atoms with van der Waals surface area (Å²) < 4.78 is 34.1. The van der Waals surface area contributed by atoms with E-state index in [1.807, 2.05) is 27.7 Å². The van der Waals surface area contributed by atoms with E-state index >= 15 is 0 Å². The summed E-state index contributed by atoms with van der Waals surface area (Å²) in [5, 5.41) is 30.9. The van der Waals surface area contributed by atoms with Crippen molar-refractivity contribution in [3.63, 3.8) is 0 Å². The summed E-state index contributed by atoms with van der Waals surface area (Å²) in [5.41, 5.74) is 19.0. The molecule has 0 radical (unpaired) electrons. The van der Waals surface area contributed by atoms with Crippen molar-refractivity contribution in [2.75, 3.05) is 186 Å². The second-order valence-electron chi connectivity index (χ2n) is 19.2. The predicted octanol–water partition coefficient (Wildman–Crippen LogP) is 8.75. The molecule has 0 unspecified atom stereocenters. The smallest absolute Gasteiger partial charge is 0.256 e. The molecule has 41 nitrogen and oxygen atoms in total. The molecule has 53 heteroatoms. The fraction of sp³-hybridized carbons (Fsp3) is 0.545. The van der Waals surface area contributed by atoms with E-state index in [4.69, 9.17) is 157 Å². The zero-order chi connectivity index (χ0) is 91.2. The van der Waals surface area contributed by atoms with Crippen LogP contribution < -0.4 is 86.4 Å². The number of quaternary nitrogens is 2. The van der Waals surface area contributed by atoms with Gasteiger partial charge in [0.1, 0.15) is 13.1 Å². The predicted molar refractivity (Wildman–Crippen MR) is 494 cm³/mol. The third-order valence-electron chi connectivity index (χ3n) is 9.94. The Labute approximate surface area is 756 Å². The monoisotopic (exact) mass is 1910 g/mol. The molecule has 0 bridgehead atoms. The number of aromatic nitrogens is 18. The average Bonchev–Trinajstić information content (AvgIpc) is 0.859. The number of nitrogens with zero attached hydrogens (tertiary/aromatic N) is 20. The van der Waals surface area contributed by atoms with E-state index in [0.717, 1.165) is 90.8 Å². The zero-order valence-electron chi connectivity index (χ0n) is 68.9. The number of anilines is 11. The van der Waals surface area contributed by atoms with Gasteiger partial charge in [-0.2, -0.15) is 89.7 Å². The van der Waals surface area contributed by atoms with Gasteiger partial charge in [0, 0.05) is 75.8 Å². The first kappa shape index (κ1) is 132. The Kier molecular flexibility index (Phi) is 106. The summed E-state index contributed by atoms with van der Waals surface area (Å²) in [4.78, 5) is 85.3. The Hall–Kier alpha value is -7.92. The first-order valence-corrected chi connectivity index (χ1v) is 40.7. The summed E-state index contributed by atoms with van der Waals surface area (Å²) in [7, 11) is 7.17. The quantitative estimate of drug-likeness (QED) is 0.00635. The van der Waals surface area contributed by atoms with E-state index in [0.29, 0.717) is 110 Å². The van der Waals surface area contributed by atoms with Crippen LogP contribution in [0.1, 0.15) is 115 Å². The Bertz CT molecular complexity index is 3650. The SMILES string of the molecule is C.C#CCN.C#CCNc1nc(Cl)nc(NCCC)n1.C#CCNc1nc(NCCC)nc(N(C)OC)n1.C#CC[NH3+].C#CC[NH3+].C=C(Cl)CNc1nc(NCCC)nc(N(C)OC)n1.CC.CCCN.CCCNc1nc(Cl)nc(Cl)n1.CCCNc1nc(Cl)nc(NCCC)n1.CNOC.Cl.Clc1nc(Cl)nc(Cl)n1.O=S(=O)([O-])[O-].P=S. The van der Waals surface area contributed by atoms with Gasteiger partial charge in [-0.25, -0.2) is 15.6 Å². The summed E-state index contributed by atoms with van der Waals surface area (Å²) in [5.74, 6) is 16.7. The number of halogens is 9. The largest absolute Gasteiger partial charge is 0.759 e. The maximum atomic E-state index is 8.52. The van der Waals surface area contributed by atoms with Gasteiger partial charge < -0.3 is 84.7 Å². The van der Waals surface area contributed by atoms with Crippen LogP contribution in [0, 0.1) is 61.7 Å². The van der Waals surface area contributed by atoms with Crippen molar-refractivity contribution in [1.82, 2.24) is 95.2 Å². The van der Waals surface area contributed by atoms with Crippen molar-refractivity contribution >= 4 is 201 Å². The molecule has 0 aliphatic carbocycles. The molecule has 0 spiro atoms. The molecule has 0 fully saturated rings. The van der Waals surface area contributed by atoms with Gasteiger partial charge >= 0.3 is 0 Å². The van der Waals surface area contributed by atoms with Gasteiger partial charge in [0.25, 0.3) is 11.9 Å². The molecular weight excluding hydrogens is 1800 g/mol. The molecule has 20 N–H and O–H groups in total. The molecule has 0 aliphatic rings. The number of terminal acetylenes is 5. The molecule has 6 aromatic heterocycles. The van der Waals surface area contributed by atoms with Crippen molar-refractivity contribution in [3.05, 3.63) is 48.6 Å². The van der Waals surface area contributed by atoms with E-state index in [-0.39, 0.29) is 56.8 Å². The number of nitrogens with two attached hydrogens (primary N) is 2. The molecule has 0 aromatic carbocycles. The standard InChI is InChI=1S/C11H19ClN6O.C11H18N6O.C9H16ClN5.C9H12ClN5.C6H8Cl2N4.C3Cl3N3.C3H9N.3C3H5N.C2H7NO.C2H6.CH4.ClH.H2O4S.HPS/c1-5-6-13-9-15-10(14-7-8(2)12)17-11(16-9)18(3)19-4;1-5-7-12-9-14-10(13-8-6-2)16-11(15-9)17(3)18-4;2*1-3-5-11-8-13-7(10)14-9(15-8)12-6-4-2;1-2-3-9-6-11-4(7)10-5(8)12-6;4-1-7-2(5)9-3(6)8-1;4*1-2-3-4;1-3-4-2;1-2;;;1-5(2,3)4;1-2/h2,5-7H2,1,3-4H3,(H2,13,14,15,16,17);1H,6-8H2,2-4H3,(H2,12,13,14,15,16);3-6H2,1-2H3,(H2,11,12,13,14,15);1H,4-6H2,2H3,(H2,11,12,13,14,15);2-3H2,1H3,(H,9,10,11,12);;2-4H2,1H3;3*1H,3-4H2;3H,1-2H3;1-2H3;1H4;1H;(H2,1,2,3,4);1H. The first-order valence-electron chi connectivity index (χ1n) is 34.7. The first-order chi connectivity index (χ1) is 55.8. The van der Waals surface area contributed by atoms with Crippen molar-refractivity contribution in [3.8, 4) is 61.7 Å². The Morgan fingerprint density at radius 1 is 0.454 bits per heavy atom. The van der Waals surface area contributed by atoms with Crippen molar-refractivity contribution < 1.29 is 43.5 Å². The lowest BCUT2D eigenvalue weighted by atomic mass is 10.5. The molecular formula is C66H118Cl9N34O7PS2. The van der Waals surface area contributed by atoms with E-state index in [1.165, 1.54) is 24.3 Å². The van der Waals surface area contributed by atoms with Crippen molar-refractivity contribution in [1.29, 1.82) is 0 Å². The molecule has 0 atom stereocenters. The van der Waals surface area contributed by atoms with Crippen LogP contribution in [0.5, 0.6) is 0 Å². The fourth-order valence-electron chi connectivity index (χ4n) is 5.07. The topological polar surface area (TPSA) is 574 Å². The van der Waals surface area contributed by atoms with Crippen LogP contribution in [-0.2, 0) is 36.7 Å². The molecule has 0 amide bonds. The van der Waals surface area contributed by atoms with Crippen molar-refractivity contribution in [2.24, 2.45) is 11.5 Å². The number of hydrogen-bond donors (Lipinski definition) is 14. The van der Waals surface area contributed by atoms with Gasteiger partial charge in [-0.1, -0.05) is 117 Å². The molecule has 119 heavy (non-hydrogen) atoms. The van der Waals surface area contributed by atoms with Gasteiger partial charge in [-0.05, 0) is 153 Å². The lowest BCUT2D eigenvalue weighted by Gasteiger charge is -2.15. The minimum absolute atomic E-state index is 0. The molecule has 674 valence electrons. The van der Waals surface area contributed by atoms with Gasteiger partial charge in [-0.15, -0.1) is 44.5 Å². The van der Waals surface area contributed by atoms with E-state index in [1.54, 1.807) is 28.3 Å². The highest BCUT2D eigenvalue weighted by atomic mass is 35.5. The summed E-state index contributed by atoms with van der Waals surface area (Å²) >= 11 is 48.1. The normalized spacial score (nSPS) is 8.84. The molecule has 0 saturated heterocycles. The van der Waals surface area contributed by atoms with Gasteiger partial charge in [0.2, 0.25) is 90.5 Å².